The van der Waals surface area contributed by atoms with E-state index in [0.29, 0.717) is 0 Å². The third kappa shape index (κ3) is 5.39. The summed E-state index contributed by atoms with van der Waals surface area (Å²) in [5.41, 5.74) is 0. The van der Waals surface area contributed by atoms with E-state index in [2.05, 4.69) is 26.1 Å². The molecule has 2 fully saturated rings. The van der Waals surface area contributed by atoms with Gasteiger partial charge in [-0.1, -0.05) is 59.3 Å². The zero-order chi connectivity index (χ0) is 14.4. The average molecular weight is 280 g/mol. The molecule has 0 aliphatic heterocycles. The number of hydrogen-bond acceptors (Lipinski definition) is 1. The molecule has 0 aromatic carbocycles. The summed E-state index contributed by atoms with van der Waals surface area (Å²) in [6.45, 7) is 9.58. The summed E-state index contributed by atoms with van der Waals surface area (Å²) in [6.07, 6.45) is 13.5. The number of hydrogen-bond donors (Lipinski definition) is 1. The Morgan fingerprint density at radius 1 is 0.950 bits per heavy atom. The highest BCUT2D eigenvalue weighted by Gasteiger charge is 2.30. The maximum absolute atomic E-state index is 3.74. The normalized spacial score (nSPS) is 32.7. The zero-order valence-electron chi connectivity index (χ0n) is 14.2. The van der Waals surface area contributed by atoms with Crippen LogP contribution in [-0.4, -0.2) is 13.1 Å². The van der Waals surface area contributed by atoms with Gasteiger partial charge in [0, 0.05) is 0 Å². The van der Waals surface area contributed by atoms with Crippen LogP contribution in [0.1, 0.15) is 78.6 Å². The molecule has 2 rings (SSSR count). The molecule has 0 saturated heterocycles. The van der Waals surface area contributed by atoms with Crippen molar-refractivity contribution in [2.75, 3.05) is 13.1 Å². The maximum Gasteiger partial charge on any atom is -0.00178 e. The Hall–Kier alpha value is -0.0400. The van der Waals surface area contributed by atoms with Crippen LogP contribution in [0.25, 0.3) is 0 Å². The molecule has 0 amide bonds. The monoisotopic (exact) mass is 279 g/mol. The van der Waals surface area contributed by atoms with Crippen LogP contribution in [-0.2, 0) is 0 Å². The van der Waals surface area contributed by atoms with Gasteiger partial charge in [-0.05, 0) is 61.9 Å². The number of rotatable bonds is 6. The van der Waals surface area contributed by atoms with Crippen molar-refractivity contribution in [3.05, 3.63) is 0 Å². The lowest BCUT2D eigenvalue weighted by molar-refractivity contribution is 0.142. The second-order valence-electron chi connectivity index (χ2n) is 8.23. The van der Waals surface area contributed by atoms with Crippen LogP contribution in [0.5, 0.6) is 0 Å². The standard InChI is InChI=1S/C19H37N/c1-15(2)13-20-14-18-10-9-16(3)11-19(18)12-17-7-5-4-6-8-17/h15-20H,4-14H2,1-3H3. The molecule has 2 aliphatic carbocycles. The molecule has 1 N–H and O–H groups in total. The van der Waals surface area contributed by atoms with Gasteiger partial charge in [0.25, 0.3) is 0 Å². The minimum Gasteiger partial charge on any atom is -0.316 e. The quantitative estimate of drug-likeness (QED) is 0.700. The van der Waals surface area contributed by atoms with Crippen LogP contribution in [0.3, 0.4) is 0 Å². The highest BCUT2D eigenvalue weighted by molar-refractivity contribution is 4.82. The largest absolute Gasteiger partial charge is 0.316 e. The van der Waals surface area contributed by atoms with Crippen molar-refractivity contribution in [1.29, 1.82) is 0 Å². The van der Waals surface area contributed by atoms with Crippen LogP contribution >= 0.6 is 0 Å². The molecule has 1 nitrogen and oxygen atoms in total. The molecular weight excluding hydrogens is 242 g/mol. The lowest BCUT2D eigenvalue weighted by Gasteiger charge is -2.38. The van der Waals surface area contributed by atoms with Crippen molar-refractivity contribution in [3.63, 3.8) is 0 Å². The van der Waals surface area contributed by atoms with E-state index in [0.717, 1.165) is 29.6 Å². The summed E-state index contributed by atoms with van der Waals surface area (Å²) in [5, 5.41) is 3.74. The molecule has 1 heteroatoms. The van der Waals surface area contributed by atoms with Crippen molar-refractivity contribution >= 4 is 0 Å². The van der Waals surface area contributed by atoms with Crippen LogP contribution in [0, 0.1) is 29.6 Å². The highest BCUT2D eigenvalue weighted by Crippen LogP contribution is 2.40. The molecule has 2 saturated carbocycles. The maximum atomic E-state index is 3.74. The topological polar surface area (TPSA) is 12.0 Å². The minimum absolute atomic E-state index is 0.786. The Balaban J connectivity index is 1.80. The lowest BCUT2D eigenvalue weighted by atomic mass is 9.69. The molecule has 0 spiro atoms. The summed E-state index contributed by atoms with van der Waals surface area (Å²) >= 11 is 0. The van der Waals surface area contributed by atoms with E-state index in [9.17, 15) is 0 Å². The first kappa shape index (κ1) is 16.3. The SMILES string of the molecule is CC(C)CNCC1CCC(C)CC1CC1CCCCC1. The Morgan fingerprint density at radius 2 is 1.70 bits per heavy atom. The molecular formula is C19H37N. The third-order valence-corrected chi connectivity index (χ3v) is 5.72. The van der Waals surface area contributed by atoms with Gasteiger partial charge in [-0.3, -0.25) is 0 Å². The van der Waals surface area contributed by atoms with Crippen molar-refractivity contribution in [2.45, 2.75) is 78.6 Å². The summed E-state index contributed by atoms with van der Waals surface area (Å²) in [7, 11) is 0. The van der Waals surface area contributed by atoms with E-state index in [1.165, 1.54) is 64.5 Å². The van der Waals surface area contributed by atoms with E-state index in [4.69, 9.17) is 0 Å². The molecule has 0 heterocycles. The smallest absolute Gasteiger partial charge is 0.00178 e. The van der Waals surface area contributed by atoms with E-state index >= 15 is 0 Å². The first-order valence-electron chi connectivity index (χ1n) is 9.35. The highest BCUT2D eigenvalue weighted by atomic mass is 14.9. The molecule has 0 bridgehead atoms. The van der Waals surface area contributed by atoms with Crippen molar-refractivity contribution in [2.24, 2.45) is 29.6 Å². The second-order valence-corrected chi connectivity index (χ2v) is 8.23. The summed E-state index contributed by atoms with van der Waals surface area (Å²) in [5.74, 6) is 4.80. The Labute approximate surface area is 127 Å². The molecule has 3 atom stereocenters. The van der Waals surface area contributed by atoms with Crippen LogP contribution < -0.4 is 5.32 Å². The van der Waals surface area contributed by atoms with Gasteiger partial charge in [0.15, 0.2) is 0 Å². The van der Waals surface area contributed by atoms with E-state index < -0.39 is 0 Å². The first-order chi connectivity index (χ1) is 9.65. The van der Waals surface area contributed by atoms with Crippen molar-refractivity contribution in [3.8, 4) is 0 Å². The molecule has 0 radical (unpaired) electrons. The third-order valence-electron chi connectivity index (χ3n) is 5.72. The van der Waals surface area contributed by atoms with Gasteiger partial charge in [-0.2, -0.15) is 0 Å². The van der Waals surface area contributed by atoms with Gasteiger partial charge in [0.05, 0.1) is 0 Å². The molecule has 0 aromatic rings. The van der Waals surface area contributed by atoms with Crippen LogP contribution in [0.2, 0.25) is 0 Å². The fraction of sp³-hybridized carbons (Fsp3) is 1.00. The average Bonchev–Trinajstić information content (AvgIpc) is 2.42. The Kier molecular flexibility index (Phi) is 6.87. The summed E-state index contributed by atoms with van der Waals surface area (Å²) in [4.78, 5) is 0. The van der Waals surface area contributed by atoms with Crippen LogP contribution in [0.15, 0.2) is 0 Å². The fourth-order valence-corrected chi connectivity index (χ4v) is 4.53. The summed E-state index contributed by atoms with van der Waals surface area (Å²) in [6, 6.07) is 0. The van der Waals surface area contributed by atoms with E-state index in [-0.39, 0.29) is 0 Å². The van der Waals surface area contributed by atoms with Gasteiger partial charge in [0.1, 0.15) is 0 Å². The van der Waals surface area contributed by atoms with Crippen LogP contribution in [0.4, 0.5) is 0 Å². The zero-order valence-corrected chi connectivity index (χ0v) is 14.2. The first-order valence-corrected chi connectivity index (χ1v) is 9.35. The van der Waals surface area contributed by atoms with Gasteiger partial charge in [0.2, 0.25) is 0 Å². The Bertz CT molecular complexity index is 254. The van der Waals surface area contributed by atoms with Gasteiger partial charge in [-0.15, -0.1) is 0 Å². The molecule has 2 aliphatic rings. The van der Waals surface area contributed by atoms with E-state index in [1.807, 2.05) is 0 Å². The minimum atomic E-state index is 0.786. The van der Waals surface area contributed by atoms with Gasteiger partial charge in [-0.25, -0.2) is 0 Å². The Morgan fingerprint density at radius 3 is 2.40 bits per heavy atom. The van der Waals surface area contributed by atoms with Crippen molar-refractivity contribution < 1.29 is 0 Å². The molecule has 0 aromatic heterocycles. The van der Waals surface area contributed by atoms with Gasteiger partial charge >= 0.3 is 0 Å². The molecule has 118 valence electrons. The van der Waals surface area contributed by atoms with Crippen molar-refractivity contribution in [1.82, 2.24) is 5.32 Å². The fourth-order valence-electron chi connectivity index (χ4n) is 4.53. The molecule has 20 heavy (non-hydrogen) atoms. The second kappa shape index (κ2) is 8.41. The predicted molar refractivity (Wildman–Crippen MR) is 88.9 cm³/mol. The number of nitrogens with one attached hydrogen (secondary N) is 1. The van der Waals surface area contributed by atoms with E-state index in [1.54, 1.807) is 6.42 Å². The lowest BCUT2D eigenvalue weighted by Crippen LogP contribution is -2.35. The predicted octanol–water partition coefficient (Wildman–Crippen LogP) is 5.25. The van der Waals surface area contributed by atoms with Gasteiger partial charge < -0.3 is 5.32 Å². The molecule has 3 unspecified atom stereocenters. The summed E-state index contributed by atoms with van der Waals surface area (Å²) < 4.78 is 0.